The highest BCUT2D eigenvalue weighted by atomic mass is 16.5. The summed E-state index contributed by atoms with van der Waals surface area (Å²) in [6, 6.07) is 1.61. The van der Waals surface area contributed by atoms with E-state index >= 15 is 0 Å². The maximum atomic E-state index is 11.7. The zero-order valence-electron chi connectivity index (χ0n) is 10.9. The molecule has 1 amide bonds. The number of hydrogen-bond donors (Lipinski definition) is 2. The first kappa shape index (κ1) is 14.4. The molecule has 0 bridgehead atoms. The van der Waals surface area contributed by atoms with Gasteiger partial charge in [-0.1, -0.05) is 6.92 Å². The molecule has 0 spiro atoms. The normalized spacial score (nSPS) is 10.3. The highest BCUT2D eigenvalue weighted by molar-refractivity contribution is 5.92. The fourth-order valence-corrected chi connectivity index (χ4v) is 1.42. The molecule has 0 aromatic carbocycles. The zero-order chi connectivity index (χ0) is 13.4. The van der Waals surface area contributed by atoms with Gasteiger partial charge in [0.25, 0.3) is 5.91 Å². The molecule has 0 saturated heterocycles. The summed E-state index contributed by atoms with van der Waals surface area (Å²) < 4.78 is 5.31. The predicted molar refractivity (Wildman–Crippen MR) is 69.2 cm³/mol. The SMILES string of the molecule is CCCOCCCNC(=O)c1cc(C)nc(N)n1. The van der Waals surface area contributed by atoms with Crippen molar-refractivity contribution < 1.29 is 9.53 Å². The molecule has 0 aliphatic rings. The fraction of sp³-hybridized carbons (Fsp3) is 0.583. The van der Waals surface area contributed by atoms with Crippen molar-refractivity contribution in [3.63, 3.8) is 0 Å². The Morgan fingerprint density at radius 2 is 2.22 bits per heavy atom. The Morgan fingerprint density at radius 1 is 1.44 bits per heavy atom. The fourth-order valence-electron chi connectivity index (χ4n) is 1.42. The quantitative estimate of drug-likeness (QED) is 0.704. The van der Waals surface area contributed by atoms with Crippen LogP contribution in [-0.2, 0) is 4.74 Å². The Morgan fingerprint density at radius 3 is 2.89 bits per heavy atom. The molecule has 3 N–H and O–H groups in total. The summed E-state index contributed by atoms with van der Waals surface area (Å²) in [6.45, 7) is 5.80. The largest absolute Gasteiger partial charge is 0.381 e. The Balaban J connectivity index is 2.32. The average Bonchev–Trinajstić information content (AvgIpc) is 2.32. The van der Waals surface area contributed by atoms with E-state index in [2.05, 4.69) is 22.2 Å². The van der Waals surface area contributed by atoms with Gasteiger partial charge < -0.3 is 15.8 Å². The number of carbonyl (C=O) groups excluding carboxylic acids is 1. The molecule has 6 heteroatoms. The highest BCUT2D eigenvalue weighted by Gasteiger charge is 2.08. The van der Waals surface area contributed by atoms with Crippen molar-refractivity contribution in [2.75, 3.05) is 25.5 Å². The van der Waals surface area contributed by atoms with Crippen LogP contribution in [0.1, 0.15) is 35.9 Å². The van der Waals surface area contributed by atoms with Crippen LogP contribution < -0.4 is 11.1 Å². The number of amides is 1. The zero-order valence-corrected chi connectivity index (χ0v) is 10.9. The van der Waals surface area contributed by atoms with Crippen molar-refractivity contribution in [3.8, 4) is 0 Å². The van der Waals surface area contributed by atoms with Crippen LogP contribution in [0.4, 0.5) is 5.95 Å². The van der Waals surface area contributed by atoms with Gasteiger partial charge in [0, 0.05) is 25.5 Å². The minimum atomic E-state index is -0.234. The standard InChI is InChI=1S/C12H20N4O2/c1-3-6-18-7-4-5-14-11(17)10-8-9(2)15-12(13)16-10/h8H,3-7H2,1-2H3,(H,14,17)(H2,13,15,16). The summed E-state index contributed by atoms with van der Waals surface area (Å²) in [6.07, 6.45) is 1.79. The van der Waals surface area contributed by atoms with Gasteiger partial charge in [0.15, 0.2) is 0 Å². The molecule has 0 atom stereocenters. The van der Waals surface area contributed by atoms with E-state index in [9.17, 15) is 4.79 Å². The van der Waals surface area contributed by atoms with Crippen LogP contribution in [0.15, 0.2) is 6.07 Å². The number of rotatable bonds is 7. The Kier molecular flexibility index (Phi) is 6.07. The Labute approximate surface area is 107 Å². The molecule has 1 rings (SSSR count). The van der Waals surface area contributed by atoms with Crippen molar-refractivity contribution in [2.24, 2.45) is 0 Å². The summed E-state index contributed by atoms with van der Waals surface area (Å²) in [5.41, 5.74) is 6.46. The number of aryl methyl sites for hydroxylation is 1. The summed E-state index contributed by atoms with van der Waals surface area (Å²) >= 11 is 0. The molecule has 100 valence electrons. The van der Waals surface area contributed by atoms with E-state index in [0.717, 1.165) is 19.4 Å². The number of ether oxygens (including phenoxy) is 1. The first-order valence-corrected chi connectivity index (χ1v) is 6.10. The van der Waals surface area contributed by atoms with Crippen molar-refractivity contribution >= 4 is 11.9 Å². The molecule has 0 radical (unpaired) electrons. The molecule has 1 aromatic heterocycles. The van der Waals surface area contributed by atoms with Crippen LogP contribution in [-0.4, -0.2) is 35.6 Å². The molecule has 6 nitrogen and oxygen atoms in total. The number of nitrogen functional groups attached to an aromatic ring is 1. The lowest BCUT2D eigenvalue weighted by molar-refractivity contribution is 0.0936. The van der Waals surface area contributed by atoms with Gasteiger partial charge in [-0.15, -0.1) is 0 Å². The third kappa shape index (κ3) is 5.09. The van der Waals surface area contributed by atoms with E-state index in [1.165, 1.54) is 0 Å². The molecule has 0 unspecified atom stereocenters. The minimum Gasteiger partial charge on any atom is -0.381 e. The average molecular weight is 252 g/mol. The lowest BCUT2D eigenvalue weighted by Gasteiger charge is -2.06. The maximum Gasteiger partial charge on any atom is 0.270 e. The van der Waals surface area contributed by atoms with Crippen molar-refractivity contribution in [3.05, 3.63) is 17.5 Å². The molecule has 0 fully saturated rings. The van der Waals surface area contributed by atoms with E-state index in [1.54, 1.807) is 13.0 Å². The van der Waals surface area contributed by atoms with E-state index in [1.807, 2.05) is 0 Å². The van der Waals surface area contributed by atoms with Crippen LogP contribution in [0.5, 0.6) is 0 Å². The number of nitrogens with one attached hydrogen (secondary N) is 1. The number of nitrogens with zero attached hydrogens (tertiary/aromatic N) is 2. The number of aromatic nitrogens is 2. The van der Waals surface area contributed by atoms with E-state index in [4.69, 9.17) is 10.5 Å². The van der Waals surface area contributed by atoms with Crippen molar-refractivity contribution in [1.29, 1.82) is 0 Å². The van der Waals surface area contributed by atoms with E-state index in [0.29, 0.717) is 24.5 Å². The van der Waals surface area contributed by atoms with Gasteiger partial charge in [0.2, 0.25) is 5.95 Å². The third-order valence-corrected chi connectivity index (χ3v) is 2.20. The molecular weight excluding hydrogens is 232 g/mol. The molecule has 0 aliphatic heterocycles. The first-order chi connectivity index (χ1) is 8.63. The van der Waals surface area contributed by atoms with Crippen LogP contribution in [0.25, 0.3) is 0 Å². The van der Waals surface area contributed by atoms with E-state index in [-0.39, 0.29) is 11.9 Å². The number of carbonyl (C=O) groups is 1. The van der Waals surface area contributed by atoms with Crippen LogP contribution >= 0.6 is 0 Å². The Bertz CT molecular complexity index is 375. The van der Waals surface area contributed by atoms with Gasteiger partial charge >= 0.3 is 0 Å². The smallest absolute Gasteiger partial charge is 0.270 e. The molecule has 0 aliphatic carbocycles. The third-order valence-electron chi connectivity index (χ3n) is 2.20. The molecule has 18 heavy (non-hydrogen) atoms. The van der Waals surface area contributed by atoms with Gasteiger partial charge in [0.1, 0.15) is 5.69 Å². The second kappa shape index (κ2) is 7.60. The summed E-state index contributed by atoms with van der Waals surface area (Å²) in [5, 5.41) is 2.77. The summed E-state index contributed by atoms with van der Waals surface area (Å²) in [4.78, 5) is 19.5. The minimum absolute atomic E-state index is 0.117. The maximum absolute atomic E-state index is 11.7. The number of anilines is 1. The van der Waals surface area contributed by atoms with Crippen molar-refractivity contribution in [1.82, 2.24) is 15.3 Å². The lowest BCUT2D eigenvalue weighted by Crippen LogP contribution is -2.26. The van der Waals surface area contributed by atoms with Gasteiger partial charge in [-0.05, 0) is 25.8 Å². The first-order valence-electron chi connectivity index (χ1n) is 6.10. The second-order valence-corrected chi connectivity index (χ2v) is 3.97. The van der Waals surface area contributed by atoms with Gasteiger partial charge in [0.05, 0.1) is 0 Å². The van der Waals surface area contributed by atoms with Crippen LogP contribution in [0.2, 0.25) is 0 Å². The predicted octanol–water partition coefficient (Wildman–Crippen LogP) is 0.914. The monoisotopic (exact) mass is 252 g/mol. The van der Waals surface area contributed by atoms with Crippen molar-refractivity contribution in [2.45, 2.75) is 26.7 Å². The summed E-state index contributed by atoms with van der Waals surface area (Å²) in [5.74, 6) is -0.117. The molecule has 0 saturated carbocycles. The lowest BCUT2D eigenvalue weighted by atomic mass is 10.3. The molecule has 1 aromatic rings. The van der Waals surface area contributed by atoms with Gasteiger partial charge in [-0.2, -0.15) is 0 Å². The topological polar surface area (TPSA) is 90.1 Å². The van der Waals surface area contributed by atoms with E-state index < -0.39 is 0 Å². The highest BCUT2D eigenvalue weighted by Crippen LogP contribution is 2.01. The number of hydrogen-bond acceptors (Lipinski definition) is 5. The molecule has 1 heterocycles. The molecular formula is C12H20N4O2. The Hall–Kier alpha value is -1.69. The number of nitrogens with two attached hydrogens (primary N) is 1. The van der Waals surface area contributed by atoms with Crippen LogP contribution in [0.3, 0.4) is 0 Å². The van der Waals surface area contributed by atoms with Gasteiger partial charge in [-0.3, -0.25) is 4.79 Å². The van der Waals surface area contributed by atoms with Crippen LogP contribution in [0, 0.1) is 6.92 Å². The van der Waals surface area contributed by atoms with Gasteiger partial charge in [-0.25, -0.2) is 9.97 Å². The second-order valence-electron chi connectivity index (χ2n) is 3.97. The summed E-state index contributed by atoms with van der Waals surface area (Å²) in [7, 11) is 0.